The lowest BCUT2D eigenvalue weighted by Gasteiger charge is -2.14. The number of benzene rings is 2. The number of barbiturate groups is 1. The van der Waals surface area contributed by atoms with Gasteiger partial charge in [0.1, 0.15) is 17.9 Å². The van der Waals surface area contributed by atoms with Crippen molar-refractivity contribution < 1.29 is 19.1 Å². The van der Waals surface area contributed by atoms with Crippen LogP contribution < -0.4 is 15.4 Å². The molecular formula is C18H12BrClN2O4. The van der Waals surface area contributed by atoms with Gasteiger partial charge in [-0.1, -0.05) is 35.9 Å². The highest BCUT2D eigenvalue weighted by atomic mass is 79.9. The summed E-state index contributed by atoms with van der Waals surface area (Å²) in [6.07, 6.45) is 1.39. The number of ether oxygens (including phenoxy) is 1. The normalized spacial score (nSPS) is 13.9. The number of hydrogen-bond acceptors (Lipinski definition) is 4. The predicted octanol–water partition coefficient (Wildman–Crippen LogP) is 3.43. The lowest BCUT2D eigenvalue weighted by Crippen LogP contribution is -2.51. The van der Waals surface area contributed by atoms with Crippen molar-refractivity contribution in [2.75, 3.05) is 0 Å². The summed E-state index contributed by atoms with van der Waals surface area (Å²) in [7, 11) is 0. The average Bonchev–Trinajstić information content (AvgIpc) is 2.58. The van der Waals surface area contributed by atoms with Crippen LogP contribution in [0.25, 0.3) is 6.08 Å². The largest absolute Gasteiger partial charge is 0.488 e. The fourth-order valence-electron chi connectivity index (χ4n) is 2.27. The van der Waals surface area contributed by atoms with E-state index in [1.165, 1.54) is 6.08 Å². The molecule has 1 aliphatic heterocycles. The molecule has 3 rings (SSSR count). The van der Waals surface area contributed by atoms with Crippen LogP contribution in [0.2, 0.25) is 5.02 Å². The summed E-state index contributed by atoms with van der Waals surface area (Å²) in [5.74, 6) is -0.900. The number of rotatable bonds is 4. The first-order valence-electron chi connectivity index (χ1n) is 7.48. The molecule has 0 aliphatic carbocycles. The minimum absolute atomic E-state index is 0.152. The van der Waals surface area contributed by atoms with E-state index >= 15 is 0 Å². The van der Waals surface area contributed by atoms with Crippen LogP contribution in [-0.4, -0.2) is 17.8 Å². The second-order valence-corrected chi connectivity index (χ2v) is 6.63. The third-order valence-electron chi connectivity index (χ3n) is 3.55. The minimum atomic E-state index is -0.832. The number of carbonyl (C=O) groups excluding carboxylic acids is 3. The third-order valence-corrected chi connectivity index (χ3v) is 4.54. The Balaban J connectivity index is 1.76. The maximum absolute atomic E-state index is 11.8. The molecule has 2 aromatic carbocycles. The molecule has 0 bridgehead atoms. The monoisotopic (exact) mass is 434 g/mol. The molecule has 0 unspecified atom stereocenters. The highest BCUT2D eigenvalue weighted by Gasteiger charge is 2.27. The molecule has 1 saturated heterocycles. The first-order valence-corrected chi connectivity index (χ1v) is 8.65. The first kappa shape index (κ1) is 18.2. The summed E-state index contributed by atoms with van der Waals surface area (Å²) < 4.78 is 6.39. The van der Waals surface area contributed by atoms with Crippen LogP contribution in [0.3, 0.4) is 0 Å². The van der Waals surface area contributed by atoms with Gasteiger partial charge in [0, 0.05) is 10.6 Å². The van der Waals surface area contributed by atoms with Crippen molar-refractivity contribution in [3.8, 4) is 5.75 Å². The number of halogens is 2. The Morgan fingerprint density at radius 3 is 2.38 bits per heavy atom. The molecule has 0 aromatic heterocycles. The van der Waals surface area contributed by atoms with Crippen molar-refractivity contribution in [2.45, 2.75) is 6.61 Å². The van der Waals surface area contributed by atoms with E-state index in [0.717, 1.165) is 5.56 Å². The van der Waals surface area contributed by atoms with E-state index in [1.54, 1.807) is 24.3 Å². The number of hydrogen-bond donors (Lipinski definition) is 2. The number of nitrogens with one attached hydrogen (secondary N) is 2. The highest BCUT2D eigenvalue weighted by Crippen LogP contribution is 2.28. The molecule has 0 radical (unpaired) electrons. The van der Waals surface area contributed by atoms with E-state index in [1.807, 2.05) is 28.8 Å². The Bertz CT molecular complexity index is 921. The molecule has 2 N–H and O–H groups in total. The number of amides is 4. The number of imide groups is 2. The van der Waals surface area contributed by atoms with Gasteiger partial charge in [0.05, 0.1) is 4.47 Å². The van der Waals surface area contributed by atoms with Crippen molar-refractivity contribution >= 4 is 51.5 Å². The van der Waals surface area contributed by atoms with Crippen molar-refractivity contribution in [1.29, 1.82) is 0 Å². The van der Waals surface area contributed by atoms with E-state index in [2.05, 4.69) is 15.9 Å². The van der Waals surface area contributed by atoms with E-state index in [0.29, 0.717) is 27.4 Å². The fraction of sp³-hybridized carbons (Fsp3) is 0.0556. The highest BCUT2D eigenvalue weighted by molar-refractivity contribution is 9.10. The van der Waals surface area contributed by atoms with Crippen LogP contribution in [0, 0.1) is 0 Å². The SMILES string of the molecule is O=C1NC(=O)C(=Cc2ccc(OCc3ccccc3Cl)c(Br)c2)C(=O)N1. The molecule has 1 fully saturated rings. The van der Waals surface area contributed by atoms with Gasteiger partial charge in [0.2, 0.25) is 0 Å². The number of carbonyl (C=O) groups is 3. The van der Waals surface area contributed by atoms with Crippen LogP contribution in [0.1, 0.15) is 11.1 Å². The standard InChI is InChI=1S/C18H12BrClN2O4/c19-13-8-10(7-12-16(23)21-18(25)22-17(12)24)5-6-15(13)26-9-11-3-1-2-4-14(11)20/h1-8H,9H2,(H2,21,22,23,24,25). The minimum Gasteiger partial charge on any atom is -0.488 e. The van der Waals surface area contributed by atoms with Gasteiger partial charge in [-0.3, -0.25) is 20.2 Å². The van der Waals surface area contributed by atoms with E-state index in [4.69, 9.17) is 16.3 Å². The van der Waals surface area contributed by atoms with Crippen LogP contribution in [-0.2, 0) is 16.2 Å². The summed E-state index contributed by atoms with van der Waals surface area (Å²) in [5, 5.41) is 4.66. The Labute approximate surface area is 162 Å². The van der Waals surface area contributed by atoms with Gasteiger partial charge >= 0.3 is 6.03 Å². The summed E-state index contributed by atoms with van der Waals surface area (Å²) in [6, 6.07) is 11.6. The molecule has 6 nitrogen and oxygen atoms in total. The van der Waals surface area contributed by atoms with Gasteiger partial charge in [-0.2, -0.15) is 0 Å². The zero-order chi connectivity index (χ0) is 18.7. The molecule has 26 heavy (non-hydrogen) atoms. The molecule has 0 saturated carbocycles. The van der Waals surface area contributed by atoms with Crippen molar-refractivity contribution in [3.05, 3.63) is 68.7 Å². The Hall–Kier alpha value is -2.64. The molecule has 4 amide bonds. The zero-order valence-corrected chi connectivity index (χ0v) is 15.6. The number of urea groups is 1. The molecular weight excluding hydrogens is 424 g/mol. The molecule has 0 spiro atoms. The molecule has 8 heteroatoms. The van der Waals surface area contributed by atoms with E-state index in [9.17, 15) is 14.4 Å². The van der Waals surface area contributed by atoms with Gasteiger partial charge in [0.25, 0.3) is 11.8 Å². The Morgan fingerprint density at radius 2 is 1.73 bits per heavy atom. The second-order valence-electron chi connectivity index (χ2n) is 5.37. The van der Waals surface area contributed by atoms with Crippen LogP contribution in [0.4, 0.5) is 4.79 Å². The van der Waals surface area contributed by atoms with Gasteiger partial charge in [-0.25, -0.2) is 4.79 Å². The van der Waals surface area contributed by atoms with E-state index < -0.39 is 17.8 Å². The third kappa shape index (κ3) is 4.12. The summed E-state index contributed by atoms with van der Waals surface area (Å²) in [4.78, 5) is 34.6. The van der Waals surface area contributed by atoms with Gasteiger partial charge in [0.15, 0.2) is 0 Å². The quantitative estimate of drug-likeness (QED) is 0.569. The lowest BCUT2D eigenvalue weighted by atomic mass is 10.1. The molecule has 1 heterocycles. The summed E-state index contributed by atoms with van der Waals surface area (Å²) in [5.41, 5.74) is 1.30. The Morgan fingerprint density at radius 1 is 1.04 bits per heavy atom. The fourth-order valence-corrected chi connectivity index (χ4v) is 2.97. The topological polar surface area (TPSA) is 84.5 Å². The maximum atomic E-state index is 11.8. The van der Waals surface area contributed by atoms with Crippen molar-refractivity contribution in [3.63, 3.8) is 0 Å². The predicted molar refractivity (Wildman–Crippen MR) is 99.6 cm³/mol. The lowest BCUT2D eigenvalue weighted by molar-refractivity contribution is -0.123. The molecule has 0 atom stereocenters. The van der Waals surface area contributed by atoms with Crippen molar-refractivity contribution in [2.24, 2.45) is 0 Å². The van der Waals surface area contributed by atoms with Gasteiger partial charge in [-0.15, -0.1) is 0 Å². The summed E-state index contributed by atoms with van der Waals surface area (Å²) >= 11 is 9.50. The van der Waals surface area contributed by atoms with Crippen LogP contribution >= 0.6 is 27.5 Å². The van der Waals surface area contributed by atoms with Crippen LogP contribution in [0.15, 0.2) is 52.5 Å². The molecule has 2 aromatic rings. The molecule has 1 aliphatic rings. The second kappa shape index (κ2) is 7.72. The zero-order valence-electron chi connectivity index (χ0n) is 13.2. The molecule has 132 valence electrons. The van der Waals surface area contributed by atoms with Gasteiger partial charge < -0.3 is 4.74 Å². The summed E-state index contributed by atoms with van der Waals surface area (Å²) in [6.45, 7) is 0.297. The van der Waals surface area contributed by atoms with Crippen LogP contribution in [0.5, 0.6) is 5.75 Å². The van der Waals surface area contributed by atoms with Gasteiger partial charge in [-0.05, 0) is 45.8 Å². The van der Waals surface area contributed by atoms with Crippen molar-refractivity contribution in [1.82, 2.24) is 10.6 Å². The Kier molecular flexibility index (Phi) is 5.39. The smallest absolute Gasteiger partial charge is 0.328 e. The maximum Gasteiger partial charge on any atom is 0.328 e. The first-order chi connectivity index (χ1) is 12.4. The average molecular weight is 436 g/mol. The van der Waals surface area contributed by atoms with E-state index in [-0.39, 0.29) is 5.57 Å².